The summed E-state index contributed by atoms with van der Waals surface area (Å²) in [5.74, 6) is 0.367. The molecule has 3 heteroatoms. The first-order valence-electron chi connectivity index (χ1n) is 12.2. The normalized spacial score (nSPS) is 17.8. The summed E-state index contributed by atoms with van der Waals surface area (Å²) in [6, 6.07) is 13.0. The molecule has 0 aliphatic rings. The SMILES string of the molecule is C.[2H]C([2H])([2H])C([2H])([2H])Oc1ccc(CC)cc1.[2H]C([2H])([2H])C([2H])([2H])Oc1ccc(CCO)cc1. The lowest BCUT2D eigenvalue weighted by atomic mass is 10.1. The van der Waals surface area contributed by atoms with Gasteiger partial charge in [-0.3, -0.25) is 0 Å². The summed E-state index contributed by atoms with van der Waals surface area (Å²) >= 11 is 0. The zero-order valence-corrected chi connectivity index (χ0v) is 13.0. The molecule has 0 fully saturated rings. The van der Waals surface area contributed by atoms with Crippen LogP contribution in [-0.2, 0) is 12.8 Å². The van der Waals surface area contributed by atoms with E-state index in [1.807, 2.05) is 6.92 Å². The van der Waals surface area contributed by atoms with Crippen molar-refractivity contribution in [3.63, 3.8) is 0 Å². The molecule has 0 saturated heterocycles. The van der Waals surface area contributed by atoms with E-state index in [0.29, 0.717) is 6.42 Å². The van der Waals surface area contributed by atoms with Crippen molar-refractivity contribution in [2.45, 2.75) is 40.9 Å². The van der Waals surface area contributed by atoms with Gasteiger partial charge in [0.2, 0.25) is 0 Å². The molecule has 24 heavy (non-hydrogen) atoms. The molecule has 2 aromatic rings. The summed E-state index contributed by atoms with van der Waals surface area (Å²) in [6.07, 6.45) is 1.36. The molecule has 0 atom stereocenters. The molecule has 0 aliphatic heterocycles. The number of benzene rings is 2. The summed E-state index contributed by atoms with van der Waals surface area (Å²) in [5.41, 5.74) is 1.95. The van der Waals surface area contributed by atoms with Crippen molar-refractivity contribution in [2.75, 3.05) is 19.7 Å². The van der Waals surface area contributed by atoms with E-state index in [4.69, 9.17) is 28.3 Å². The predicted octanol–water partition coefficient (Wildman–Crippen LogP) is 4.90. The number of hydrogen-bond donors (Lipinski definition) is 1. The topological polar surface area (TPSA) is 38.7 Å². The molecule has 0 unspecified atom stereocenters. The van der Waals surface area contributed by atoms with Gasteiger partial charge in [-0.05, 0) is 61.9 Å². The number of aliphatic hydroxyl groups is 1. The van der Waals surface area contributed by atoms with E-state index in [1.54, 1.807) is 36.4 Å². The van der Waals surface area contributed by atoms with Gasteiger partial charge in [0.1, 0.15) is 11.5 Å². The van der Waals surface area contributed by atoms with Crippen molar-refractivity contribution in [3.8, 4) is 11.5 Å². The molecule has 0 aliphatic carbocycles. The lowest BCUT2D eigenvalue weighted by Crippen LogP contribution is -1.93. The molecule has 0 heterocycles. The van der Waals surface area contributed by atoms with Crippen LogP contribution in [-0.4, -0.2) is 24.8 Å². The van der Waals surface area contributed by atoms with E-state index in [0.717, 1.165) is 17.5 Å². The second-order valence-corrected chi connectivity index (χ2v) is 4.52. The van der Waals surface area contributed by atoms with Crippen LogP contribution in [0.15, 0.2) is 48.5 Å². The van der Waals surface area contributed by atoms with Gasteiger partial charge >= 0.3 is 0 Å². The zero-order chi connectivity index (χ0) is 25.5. The average Bonchev–Trinajstić information content (AvgIpc) is 2.68. The molecule has 2 rings (SSSR count). The molecule has 2 aromatic carbocycles. The molecule has 0 bridgehead atoms. The minimum absolute atomic E-state index is 0. The Morgan fingerprint density at radius 1 is 0.875 bits per heavy atom. The van der Waals surface area contributed by atoms with E-state index < -0.39 is 26.8 Å². The Morgan fingerprint density at radius 3 is 1.71 bits per heavy atom. The number of hydrogen-bond acceptors (Lipinski definition) is 3. The molecule has 1 N–H and O–H groups in total. The Labute approximate surface area is 161 Å². The Balaban J connectivity index is 0.000000623. The van der Waals surface area contributed by atoms with Crippen LogP contribution in [0, 0.1) is 0 Å². The van der Waals surface area contributed by atoms with Crippen molar-refractivity contribution < 1.29 is 28.3 Å². The standard InChI is InChI=1S/C10H14O2.C10H14O.CH4/c1-2-12-10-5-3-9(4-6-10)7-8-11;1-3-9-5-7-10(8-6-9)11-4-2;/h3-6,11H,2,7-8H2,1H3;5-8H,3-4H2,1-2H3;1H4/i1D3,2D2;2D3,4D2;. The van der Waals surface area contributed by atoms with Crippen LogP contribution in [0.2, 0.25) is 0 Å². The quantitative estimate of drug-likeness (QED) is 0.777. The highest BCUT2D eigenvalue weighted by atomic mass is 16.5. The number of aryl methyl sites for hydroxylation is 1. The Kier molecular flexibility index (Phi) is 5.65. The van der Waals surface area contributed by atoms with Gasteiger partial charge in [0.05, 0.1) is 18.6 Å². The predicted molar refractivity (Wildman–Crippen MR) is 102 cm³/mol. The molecule has 0 saturated carbocycles. The highest BCUT2D eigenvalue weighted by Crippen LogP contribution is 2.12. The maximum atomic E-state index is 8.72. The fourth-order valence-corrected chi connectivity index (χ4v) is 1.76. The van der Waals surface area contributed by atoms with E-state index in [1.165, 1.54) is 12.1 Å². The van der Waals surface area contributed by atoms with Crippen LogP contribution in [0.5, 0.6) is 11.5 Å². The third kappa shape index (κ3) is 8.59. The van der Waals surface area contributed by atoms with Crippen molar-refractivity contribution >= 4 is 0 Å². The van der Waals surface area contributed by atoms with Gasteiger partial charge in [-0.1, -0.05) is 38.6 Å². The largest absolute Gasteiger partial charge is 0.494 e. The fraction of sp³-hybridized carbons (Fsp3) is 0.429. The van der Waals surface area contributed by atoms with Gasteiger partial charge in [-0.2, -0.15) is 0 Å². The average molecular weight is 343 g/mol. The lowest BCUT2D eigenvalue weighted by molar-refractivity contribution is 0.299. The number of ether oxygens (including phenoxy) is 2. The monoisotopic (exact) mass is 342 g/mol. The molecular weight excluding hydrogens is 300 g/mol. The molecule has 0 radical (unpaired) electrons. The van der Waals surface area contributed by atoms with Gasteiger partial charge in [0.15, 0.2) is 0 Å². The van der Waals surface area contributed by atoms with E-state index in [-0.39, 0.29) is 25.5 Å². The van der Waals surface area contributed by atoms with Crippen LogP contribution in [0.3, 0.4) is 0 Å². The lowest BCUT2D eigenvalue weighted by Gasteiger charge is -2.03. The highest BCUT2D eigenvalue weighted by Gasteiger charge is 1.93. The van der Waals surface area contributed by atoms with Crippen molar-refractivity contribution in [3.05, 3.63) is 59.7 Å². The first-order chi connectivity index (χ1) is 15.0. The third-order valence-electron chi connectivity index (χ3n) is 2.99. The van der Waals surface area contributed by atoms with Crippen LogP contribution < -0.4 is 9.47 Å². The molecular formula is C21H32O3. The summed E-state index contributed by atoms with van der Waals surface area (Å²) in [5, 5.41) is 8.72. The van der Waals surface area contributed by atoms with E-state index in [9.17, 15) is 0 Å². The summed E-state index contributed by atoms with van der Waals surface area (Å²) in [6.45, 7) is -8.99. The Morgan fingerprint density at radius 2 is 1.33 bits per heavy atom. The fourth-order valence-electron chi connectivity index (χ4n) is 1.76. The molecule has 0 aromatic heterocycles. The molecule has 0 spiro atoms. The maximum absolute atomic E-state index is 8.72. The van der Waals surface area contributed by atoms with Crippen LogP contribution in [0.4, 0.5) is 0 Å². The molecule has 3 nitrogen and oxygen atoms in total. The van der Waals surface area contributed by atoms with Crippen LogP contribution in [0.25, 0.3) is 0 Å². The van der Waals surface area contributed by atoms with Crippen molar-refractivity contribution in [1.29, 1.82) is 0 Å². The van der Waals surface area contributed by atoms with Crippen molar-refractivity contribution in [1.82, 2.24) is 0 Å². The van der Waals surface area contributed by atoms with Crippen molar-refractivity contribution in [2.24, 2.45) is 0 Å². The van der Waals surface area contributed by atoms with Gasteiger partial charge < -0.3 is 14.6 Å². The second-order valence-electron chi connectivity index (χ2n) is 4.52. The first kappa shape index (κ1) is 10.1. The second kappa shape index (κ2) is 13.4. The smallest absolute Gasteiger partial charge is 0.119 e. The van der Waals surface area contributed by atoms with E-state index >= 15 is 0 Å². The van der Waals surface area contributed by atoms with Gasteiger partial charge in [0, 0.05) is 14.8 Å². The van der Waals surface area contributed by atoms with Crippen LogP contribution >= 0.6 is 0 Å². The van der Waals surface area contributed by atoms with Gasteiger partial charge in [-0.15, -0.1) is 0 Å². The summed E-state index contributed by atoms with van der Waals surface area (Å²) in [7, 11) is 0. The van der Waals surface area contributed by atoms with Crippen LogP contribution in [0.1, 0.15) is 52.9 Å². The summed E-state index contributed by atoms with van der Waals surface area (Å²) < 4.78 is 80.8. The number of aliphatic hydroxyl groups excluding tert-OH is 1. The Hall–Kier alpha value is -2.00. The minimum atomic E-state index is -2.84. The Bertz CT molecular complexity index is 845. The third-order valence-corrected chi connectivity index (χ3v) is 2.99. The van der Waals surface area contributed by atoms with Gasteiger partial charge in [0.25, 0.3) is 0 Å². The molecule has 134 valence electrons. The maximum Gasteiger partial charge on any atom is 0.119 e. The zero-order valence-electron chi connectivity index (χ0n) is 23.0. The summed E-state index contributed by atoms with van der Waals surface area (Å²) in [4.78, 5) is 0. The van der Waals surface area contributed by atoms with Gasteiger partial charge in [-0.25, -0.2) is 0 Å². The minimum Gasteiger partial charge on any atom is -0.494 e. The highest BCUT2D eigenvalue weighted by molar-refractivity contribution is 5.27. The molecule has 0 amide bonds. The number of rotatable bonds is 7. The first-order valence-corrected chi connectivity index (χ1v) is 7.19. The van der Waals surface area contributed by atoms with E-state index in [2.05, 4.69) is 0 Å².